The molecular formula is C24H21N3O2S. The second-order valence-electron chi connectivity index (χ2n) is 7.03. The first-order chi connectivity index (χ1) is 14.5. The van der Waals surface area contributed by atoms with Gasteiger partial charge in [0.05, 0.1) is 16.8 Å². The molecule has 30 heavy (non-hydrogen) atoms. The van der Waals surface area contributed by atoms with Gasteiger partial charge in [0.15, 0.2) is 10.9 Å². The molecule has 0 bridgehead atoms. The fourth-order valence-electron chi connectivity index (χ4n) is 3.19. The molecule has 0 radical (unpaired) electrons. The fourth-order valence-corrected chi connectivity index (χ4v) is 4.02. The maximum atomic E-state index is 12.5. The number of thioether (sulfide) groups is 1. The van der Waals surface area contributed by atoms with Crippen LogP contribution in [0.5, 0.6) is 0 Å². The first-order valence-corrected chi connectivity index (χ1v) is 10.6. The zero-order valence-corrected chi connectivity index (χ0v) is 17.6. The van der Waals surface area contributed by atoms with Crippen LogP contribution in [0.15, 0.2) is 78.0 Å². The number of aromatic nitrogens is 2. The molecule has 5 nitrogen and oxygen atoms in total. The predicted molar refractivity (Wildman–Crippen MR) is 122 cm³/mol. The van der Waals surface area contributed by atoms with Gasteiger partial charge in [-0.2, -0.15) is 0 Å². The third-order valence-electron chi connectivity index (χ3n) is 4.71. The SMILES string of the molecule is CC(=O)c1cccc(NC(=O)CSc2nc3ccccc3n2-c2ccc(C)cc2)c1. The van der Waals surface area contributed by atoms with E-state index in [4.69, 9.17) is 4.98 Å². The summed E-state index contributed by atoms with van der Waals surface area (Å²) in [6.45, 7) is 3.56. The van der Waals surface area contributed by atoms with Gasteiger partial charge >= 0.3 is 0 Å². The van der Waals surface area contributed by atoms with E-state index in [-0.39, 0.29) is 17.4 Å². The Morgan fingerprint density at radius 3 is 2.53 bits per heavy atom. The highest BCUT2D eigenvalue weighted by molar-refractivity contribution is 7.99. The average Bonchev–Trinajstić information content (AvgIpc) is 3.11. The van der Waals surface area contributed by atoms with E-state index in [0.717, 1.165) is 21.9 Å². The molecule has 0 atom stereocenters. The highest BCUT2D eigenvalue weighted by Gasteiger charge is 2.14. The first-order valence-electron chi connectivity index (χ1n) is 9.59. The number of ketones is 1. The summed E-state index contributed by atoms with van der Waals surface area (Å²) >= 11 is 1.38. The molecule has 4 rings (SSSR count). The standard InChI is InChI=1S/C24H21N3O2S/c1-16-10-12-20(13-11-16)27-22-9-4-3-8-21(22)26-24(27)30-15-23(29)25-19-7-5-6-18(14-19)17(2)28/h3-14H,15H2,1-2H3,(H,25,29). The molecule has 4 aromatic rings. The molecule has 1 aromatic heterocycles. The largest absolute Gasteiger partial charge is 0.325 e. The van der Waals surface area contributed by atoms with E-state index in [1.165, 1.54) is 24.2 Å². The van der Waals surface area contributed by atoms with Gasteiger partial charge in [0.2, 0.25) is 5.91 Å². The number of Topliss-reactive ketones (excluding diaryl/α,β-unsaturated/α-hetero) is 1. The number of amides is 1. The minimum Gasteiger partial charge on any atom is -0.325 e. The van der Waals surface area contributed by atoms with Gasteiger partial charge < -0.3 is 5.32 Å². The molecule has 0 unspecified atom stereocenters. The number of imidazole rings is 1. The van der Waals surface area contributed by atoms with Crippen molar-refractivity contribution in [3.8, 4) is 5.69 Å². The molecule has 0 fully saturated rings. The predicted octanol–water partition coefficient (Wildman–Crippen LogP) is 5.27. The molecule has 0 aliphatic rings. The van der Waals surface area contributed by atoms with Gasteiger partial charge in [0.25, 0.3) is 0 Å². The Kier molecular flexibility index (Phi) is 5.68. The van der Waals surface area contributed by atoms with Gasteiger partial charge in [-0.25, -0.2) is 4.98 Å². The summed E-state index contributed by atoms with van der Waals surface area (Å²) in [4.78, 5) is 28.8. The number of nitrogens with zero attached hydrogens (tertiary/aromatic N) is 2. The fraction of sp³-hybridized carbons (Fsp3) is 0.125. The lowest BCUT2D eigenvalue weighted by atomic mass is 10.1. The number of benzene rings is 3. The van der Waals surface area contributed by atoms with E-state index in [0.29, 0.717) is 11.3 Å². The molecule has 0 spiro atoms. The van der Waals surface area contributed by atoms with Crippen LogP contribution >= 0.6 is 11.8 Å². The average molecular weight is 416 g/mol. The van der Waals surface area contributed by atoms with E-state index < -0.39 is 0 Å². The second kappa shape index (κ2) is 8.55. The van der Waals surface area contributed by atoms with Gasteiger partial charge in [-0.3, -0.25) is 14.2 Å². The van der Waals surface area contributed by atoms with Crippen molar-refractivity contribution >= 4 is 40.2 Å². The van der Waals surface area contributed by atoms with Crippen LogP contribution in [0, 0.1) is 6.92 Å². The molecule has 150 valence electrons. The Balaban J connectivity index is 1.56. The van der Waals surface area contributed by atoms with Crippen molar-refractivity contribution in [2.24, 2.45) is 0 Å². The second-order valence-corrected chi connectivity index (χ2v) is 7.97. The van der Waals surface area contributed by atoms with Crippen molar-refractivity contribution in [2.75, 3.05) is 11.1 Å². The molecule has 6 heteroatoms. The van der Waals surface area contributed by atoms with Crippen LogP contribution < -0.4 is 5.32 Å². The number of anilines is 1. The van der Waals surface area contributed by atoms with Crippen LogP contribution in [0.4, 0.5) is 5.69 Å². The van der Waals surface area contributed by atoms with E-state index in [9.17, 15) is 9.59 Å². The number of hydrogen-bond donors (Lipinski definition) is 1. The third kappa shape index (κ3) is 4.28. The minimum atomic E-state index is -0.150. The smallest absolute Gasteiger partial charge is 0.234 e. The van der Waals surface area contributed by atoms with Gasteiger partial charge in [0.1, 0.15) is 0 Å². The zero-order valence-electron chi connectivity index (χ0n) is 16.8. The van der Waals surface area contributed by atoms with Crippen molar-refractivity contribution in [3.63, 3.8) is 0 Å². The van der Waals surface area contributed by atoms with Crippen LogP contribution in [0.3, 0.4) is 0 Å². The Labute approximate surface area is 179 Å². The molecule has 0 aliphatic carbocycles. The topological polar surface area (TPSA) is 64.0 Å². The summed E-state index contributed by atoms with van der Waals surface area (Å²) in [6, 6.07) is 23.1. The normalized spacial score (nSPS) is 10.9. The van der Waals surface area contributed by atoms with Gasteiger partial charge in [-0.1, -0.05) is 53.7 Å². The van der Waals surface area contributed by atoms with E-state index in [2.05, 4.69) is 41.1 Å². The lowest BCUT2D eigenvalue weighted by molar-refractivity contribution is -0.113. The minimum absolute atomic E-state index is 0.0349. The Bertz CT molecular complexity index is 1230. The van der Waals surface area contributed by atoms with Crippen LogP contribution in [0.1, 0.15) is 22.8 Å². The number of fused-ring (bicyclic) bond motifs is 1. The van der Waals surface area contributed by atoms with Crippen molar-refractivity contribution in [3.05, 3.63) is 83.9 Å². The molecule has 1 N–H and O–H groups in total. The van der Waals surface area contributed by atoms with Crippen molar-refractivity contribution < 1.29 is 9.59 Å². The lowest BCUT2D eigenvalue weighted by Crippen LogP contribution is -2.14. The number of aryl methyl sites for hydroxylation is 1. The molecule has 0 saturated heterocycles. The van der Waals surface area contributed by atoms with Crippen LogP contribution in [-0.4, -0.2) is 27.0 Å². The number of rotatable bonds is 6. The van der Waals surface area contributed by atoms with E-state index in [1.54, 1.807) is 24.3 Å². The van der Waals surface area contributed by atoms with Crippen LogP contribution in [-0.2, 0) is 4.79 Å². The van der Waals surface area contributed by atoms with Gasteiger partial charge in [0, 0.05) is 16.9 Å². The molecule has 1 amide bonds. The molecular weight excluding hydrogens is 394 g/mol. The summed E-state index contributed by atoms with van der Waals surface area (Å²) in [7, 11) is 0. The Morgan fingerprint density at radius 2 is 1.77 bits per heavy atom. The number of para-hydroxylation sites is 2. The van der Waals surface area contributed by atoms with Crippen molar-refractivity contribution in [2.45, 2.75) is 19.0 Å². The highest BCUT2D eigenvalue weighted by Crippen LogP contribution is 2.28. The molecule has 0 aliphatic heterocycles. The van der Waals surface area contributed by atoms with Crippen molar-refractivity contribution in [1.82, 2.24) is 9.55 Å². The summed E-state index contributed by atoms with van der Waals surface area (Å²) < 4.78 is 2.07. The Hall–Kier alpha value is -3.38. The quantitative estimate of drug-likeness (QED) is 0.344. The van der Waals surface area contributed by atoms with Crippen molar-refractivity contribution in [1.29, 1.82) is 0 Å². The van der Waals surface area contributed by atoms with Gasteiger partial charge in [-0.05, 0) is 50.2 Å². The van der Waals surface area contributed by atoms with Crippen LogP contribution in [0.2, 0.25) is 0 Å². The maximum Gasteiger partial charge on any atom is 0.234 e. The molecule has 3 aromatic carbocycles. The molecule has 0 saturated carbocycles. The third-order valence-corrected chi connectivity index (χ3v) is 5.65. The number of nitrogens with one attached hydrogen (secondary N) is 1. The van der Waals surface area contributed by atoms with E-state index >= 15 is 0 Å². The summed E-state index contributed by atoms with van der Waals surface area (Å²) in [6.07, 6.45) is 0. The highest BCUT2D eigenvalue weighted by atomic mass is 32.2. The summed E-state index contributed by atoms with van der Waals surface area (Å²) in [5.74, 6) is 0.0231. The van der Waals surface area contributed by atoms with E-state index in [1.807, 2.05) is 24.3 Å². The van der Waals surface area contributed by atoms with Crippen LogP contribution in [0.25, 0.3) is 16.7 Å². The van der Waals surface area contributed by atoms with Gasteiger partial charge in [-0.15, -0.1) is 0 Å². The summed E-state index contributed by atoms with van der Waals surface area (Å²) in [5.41, 5.74) is 5.26. The monoisotopic (exact) mass is 415 g/mol. The number of carbonyl (C=O) groups is 2. The number of hydrogen-bond acceptors (Lipinski definition) is 4. The lowest BCUT2D eigenvalue weighted by Gasteiger charge is -2.10. The molecule has 1 heterocycles. The Morgan fingerprint density at radius 1 is 1.00 bits per heavy atom. The zero-order chi connectivity index (χ0) is 21.1. The first kappa shape index (κ1) is 19.9. The summed E-state index contributed by atoms with van der Waals surface area (Å²) in [5, 5.41) is 3.62. The maximum absolute atomic E-state index is 12.5. The number of carbonyl (C=O) groups excluding carboxylic acids is 2.